The number of halogens is 2. The van der Waals surface area contributed by atoms with E-state index in [2.05, 4.69) is 31.9 Å². The van der Waals surface area contributed by atoms with Gasteiger partial charge in [0, 0.05) is 20.1 Å². The Labute approximate surface area is 224 Å². The minimum atomic E-state index is -0.716. The Morgan fingerprint density at radius 1 is 0.694 bits per heavy atom. The molecule has 0 aliphatic heterocycles. The predicted molar refractivity (Wildman–Crippen MR) is 146 cm³/mol. The van der Waals surface area contributed by atoms with Gasteiger partial charge in [-0.15, -0.1) is 0 Å². The summed E-state index contributed by atoms with van der Waals surface area (Å²) in [7, 11) is 0. The molecule has 7 heteroatoms. The third kappa shape index (κ3) is 4.18. The van der Waals surface area contributed by atoms with Crippen LogP contribution in [-0.2, 0) is 4.74 Å². The van der Waals surface area contributed by atoms with Crippen molar-refractivity contribution in [2.75, 3.05) is 6.61 Å². The van der Waals surface area contributed by atoms with Crippen LogP contribution in [0.15, 0.2) is 93.9 Å². The van der Waals surface area contributed by atoms with Crippen molar-refractivity contribution >= 4 is 65.8 Å². The molecule has 0 radical (unpaired) electrons. The molecule has 0 aliphatic carbocycles. The molecule has 3 aromatic carbocycles. The number of ether oxygens (including phenoxy) is 1. The Bertz CT molecular complexity index is 1650. The number of esters is 1. The van der Waals surface area contributed by atoms with Gasteiger partial charge >= 0.3 is 5.97 Å². The summed E-state index contributed by atoms with van der Waals surface area (Å²) in [6, 6.07) is 25.0. The number of pyridine rings is 1. The standard InChI is InChI=1S/C29H19Br2NO4/c1-2-36-29(35)25-24(27(33)18-7-12-20(30)13-8-18)23-16-11-17-5-3-4-6-22(17)32(23)26(25)28(34)19-9-14-21(31)15-10-19/h3-16H,2H2,1H3. The predicted octanol–water partition coefficient (Wildman–Crippen LogP) is 7.26. The number of aromatic nitrogens is 1. The van der Waals surface area contributed by atoms with E-state index in [1.165, 1.54) is 0 Å². The second-order valence-corrected chi connectivity index (χ2v) is 9.94. The van der Waals surface area contributed by atoms with Crippen molar-refractivity contribution in [3.63, 3.8) is 0 Å². The van der Waals surface area contributed by atoms with Crippen molar-refractivity contribution < 1.29 is 19.1 Å². The number of hydrogen-bond donors (Lipinski definition) is 0. The van der Waals surface area contributed by atoms with Gasteiger partial charge in [-0.25, -0.2) is 4.79 Å². The van der Waals surface area contributed by atoms with Crippen molar-refractivity contribution in [3.8, 4) is 0 Å². The van der Waals surface area contributed by atoms with E-state index >= 15 is 0 Å². The second-order valence-electron chi connectivity index (χ2n) is 8.10. The van der Waals surface area contributed by atoms with Crippen LogP contribution in [0.1, 0.15) is 49.3 Å². The van der Waals surface area contributed by atoms with Gasteiger partial charge in [-0.2, -0.15) is 0 Å². The number of carbonyl (C=O) groups excluding carboxylic acids is 3. The van der Waals surface area contributed by atoms with Crippen LogP contribution in [-0.4, -0.2) is 28.5 Å². The van der Waals surface area contributed by atoms with Crippen LogP contribution in [0, 0.1) is 0 Å². The summed E-state index contributed by atoms with van der Waals surface area (Å²) in [5.74, 6) is -1.47. The van der Waals surface area contributed by atoms with E-state index in [9.17, 15) is 14.4 Å². The zero-order valence-electron chi connectivity index (χ0n) is 19.1. The molecule has 5 nitrogen and oxygen atoms in total. The third-order valence-electron chi connectivity index (χ3n) is 5.94. The summed E-state index contributed by atoms with van der Waals surface area (Å²) < 4.78 is 8.74. The first-order chi connectivity index (χ1) is 17.4. The van der Waals surface area contributed by atoms with Crippen molar-refractivity contribution in [1.82, 2.24) is 4.40 Å². The number of para-hydroxylation sites is 1. The van der Waals surface area contributed by atoms with Crippen LogP contribution in [0.25, 0.3) is 16.4 Å². The van der Waals surface area contributed by atoms with Crippen LogP contribution in [0.3, 0.4) is 0 Å². The molecular formula is C29H19Br2NO4. The van der Waals surface area contributed by atoms with E-state index in [0.29, 0.717) is 22.2 Å². The van der Waals surface area contributed by atoms with E-state index in [4.69, 9.17) is 4.74 Å². The van der Waals surface area contributed by atoms with E-state index in [1.54, 1.807) is 65.9 Å². The fraction of sp³-hybridized carbons (Fsp3) is 0.0690. The molecule has 0 saturated heterocycles. The van der Waals surface area contributed by atoms with Gasteiger partial charge in [0.1, 0.15) is 11.3 Å². The van der Waals surface area contributed by atoms with Crippen molar-refractivity contribution in [2.45, 2.75) is 6.92 Å². The molecule has 178 valence electrons. The summed E-state index contributed by atoms with van der Waals surface area (Å²) in [5.41, 5.74) is 2.16. The minimum absolute atomic E-state index is 0.0333. The SMILES string of the molecule is CCOC(=O)c1c(C(=O)c2ccc(Br)cc2)c2ccc3ccccc3n2c1C(=O)c1ccc(Br)cc1. The topological polar surface area (TPSA) is 64.8 Å². The first kappa shape index (κ1) is 24.2. The number of nitrogens with zero attached hydrogens (tertiary/aromatic N) is 1. The Kier molecular flexibility index (Phi) is 6.60. The van der Waals surface area contributed by atoms with E-state index in [0.717, 1.165) is 14.3 Å². The van der Waals surface area contributed by atoms with Gasteiger partial charge in [0.05, 0.1) is 23.2 Å². The molecule has 0 amide bonds. The van der Waals surface area contributed by atoms with Crippen molar-refractivity contribution in [3.05, 3.63) is 122 Å². The highest BCUT2D eigenvalue weighted by molar-refractivity contribution is 9.10. The second kappa shape index (κ2) is 9.84. The Morgan fingerprint density at radius 3 is 1.89 bits per heavy atom. The Morgan fingerprint density at radius 2 is 1.28 bits per heavy atom. The van der Waals surface area contributed by atoms with Crippen LogP contribution in [0.5, 0.6) is 0 Å². The summed E-state index contributed by atoms with van der Waals surface area (Å²) in [5, 5.41) is 0.864. The van der Waals surface area contributed by atoms with Gasteiger partial charge in [-0.3, -0.25) is 9.59 Å². The smallest absolute Gasteiger partial charge is 0.341 e. The molecule has 0 atom stereocenters. The number of benzene rings is 3. The fourth-order valence-corrected chi connectivity index (χ4v) is 4.86. The highest BCUT2D eigenvalue weighted by Gasteiger charge is 2.33. The van der Waals surface area contributed by atoms with E-state index in [-0.39, 0.29) is 35.0 Å². The average Bonchev–Trinajstić information content (AvgIpc) is 3.25. The maximum absolute atomic E-state index is 14.0. The largest absolute Gasteiger partial charge is 0.462 e. The lowest BCUT2D eigenvalue weighted by Gasteiger charge is -2.09. The number of carbonyl (C=O) groups is 3. The maximum Gasteiger partial charge on any atom is 0.341 e. The molecule has 0 fully saturated rings. The molecular weight excluding hydrogens is 586 g/mol. The zero-order chi connectivity index (χ0) is 25.4. The van der Waals surface area contributed by atoms with Gasteiger partial charge < -0.3 is 9.14 Å². The van der Waals surface area contributed by atoms with Crippen molar-refractivity contribution in [1.29, 1.82) is 0 Å². The van der Waals surface area contributed by atoms with Crippen LogP contribution in [0.2, 0.25) is 0 Å². The molecule has 0 N–H and O–H groups in total. The normalized spacial score (nSPS) is 11.1. The van der Waals surface area contributed by atoms with E-state index < -0.39 is 5.97 Å². The molecule has 2 aromatic heterocycles. The molecule has 0 aliphatic rings. The minimum Gasteiger partial charge on any atom is -0.462 e. The van der Waals surface area contributed by atoms with Crippen LogP contribution < -0.4 is 0 Å². The lowest BCUT2D eigenvalue weighted by Crippen LogP contribution is -2.16. The highest BCUT2D eigenvalue weighted by atomic mass is 79.9. The fourth-order valence-electron chi connectivity index (χ4n) is 4.33. The number of hydrogen-bond acceptors (Lipinski definition) is 4. The molecule has 5 rings (SSSR count). The first-order valence-electron chi connectivity index (χ1n) is 11.2. The quantitative estimate of drug-likeness (QED) is 0.151. The summed E-state index contributed by atoms with van der Waals surface area (Å²) in [4.78, 5) is 41.3. The number of ketones is 2. The maximum atomic E-state index is 14.0. The Balaban J connectivity index is 1.90. The molecule has 0 spiro atoms. The average molecular weight is 605 g/mol. The number of fused-ring (bicyclic) bond motifs is 3. The lowest BCUT2D eigenvalue weighted by molar-refractivity contribution is 0.0521. The summed E-state index contributed by atoms with van der Waals surface area (Å²) in [6.07, 6.45) is 0. The Hall–Kier alpha value is -3.55. The molecule has 0 unspecified atom stereocenters. The van der Waals surface area contributed by atoms with Crippen LogP contribution >= 0.6 is 31.9 Å². The first-order valence-corrected chi connectivity index (χ1v) is 12.8. The third-order valence-corrected chi connectivity index (χ3v) is 7.00. The molecule has 2 heterocycles. The molecule has 0 saturated carbocycles. The van der Waals surface area contributed by atoms with Crippen molar-refractivity contribution in [2.24, 2.45) is 0 Å². The van der Waals surface area contributed by atoms with Gasteiger partial charge in [-0.1, -0.05) is 56.1 Å². The molecule has 0 bridgehead atoms. The van der Waals surface area contributed by atoms with Gasteiger partial charge in [-0.05, 0) is 73.0 Å². The number of rotatable bonds is 6. The van der Waals surface area contributed by atoms with Gasteiger partial charge in [0.15, 0.2) is 5.78 Å². The lowest BCUT2D eigenvalue weighted by atomic mass is 9.97. The van der Waals surface area contributed by atoms with Crippen LogP contribution in [0.4, 0.5) is 0 Å². The zero-order valence-corrected chi connectivity index (χ0v) is 22.3. The summed E-state index contributed by atoms with van der Waals surface area (Å²) in [6.45, 7) is 1.79. The van der Waals surface area contributed by atoms with Gasteiger partial charge in [0.25, 0.3) is 0 Å². The monoisotopic (exact) mass is 603 g/mol. The summed E-state index contributed by atoms with van der Waals surface area (Å²) >= 11 is 6.79. The molecule has 36 heavy (non-hydrogen) atoms. The van der Waals surface area contributed by atoms with Gasteiger partial charge in [0.2, 0.25) is 5.78 Å². The highest BCUT2D eigenvalue weighted by Crippen LogP contribution is 2.33. The van der Waals surface area contributed by atoms with E-state index in [1.807, 2.05) is 30.3 Å². The molecule has 5 aromatic rings.